The minimum Gasteiger partial charge on any atom is -0.493 e. The molecule has 1 saturated heterocycles. The summed E-state index contributed by atoms with van der Waals surface area (Å²) in [7, 11) is 3.24. The van der Waals surface area contributed by atoms with Gasteiger partial charge in [-0.05, 0) is 62.2 Å². The largest absolute Gasteiger partial charge is 0.493 e. The lowest BCUT2D eigenvalue weighted by Crippen LogP contribution is -2.39. The van der Waals surface area contributed by atoms with Gasteiger partial charge < -0.3 is 14.6 Å². The number of methoxy groups -OCH3 is 2. The molecule has 0 saturated carbocycles. The number of carboxylic acids is 1. The monoisotopic (exact) mass is 370 g/mol. The fourth-order valence-corrected chi connectivity index (χ4v) is 3.64. The maximum Gasteiger partial charge on any atom is 0.306 e. The molecule has 1 aliphatic rings. The molecular weight excluding hydrogens is 344 g/mol. The highest BCUT2D eigenvalue weighted by Crippen LogP contribution is 2.36. The number of aliphatic carboxylic acids is 1. The summed E-state index contributed by atoms with van der Waals surface area (Å²) < 4.78 is 10.8. The first kappa shape index (κ1) is 19.2. The van der Waals surface area contributed by atoms with Crippen molar-refractivity contribution in [2.75, 3.05) is 27.3 Å². The summed E-state index contributed by atoms with van der Waals surface area (Å²) in [6.07, 6.45) is 3.16. The van der Waals surface area contributed by atoms with Gasteiger partial charge >= 0.3 is 5.97 Å². The molecule has 144 valence electrons. The zero-order chi connectivity index (χ0) is 19.4. The second kappa shape index (κ2) is 8.39. The molecule has 1 aromatic heterocycles. The van der Waals surface area contributed by atoms with Gasteiger partial charge in [0.15, 0.2) is 11.5 Å². The maximum absolute atomic E-state index is 11.3. The molecule has 1 fully saturated rings. The third kappa shape index (κ3) is 4.22. The van der Waals surface area contributed by atoms with Crippen LogP contribution in [0.5, 0.6) is 11.5 Å². The Morgan fingerprint density at radius 2 is 1.85 bits per heavy atom. The van der Waals surface area contributed by atoms with Crippen molar-refractivity contribution in [3.63, 3.8) is 0 Å². The number of likely N-dealkylation sites (tertiary alicyclic amines) is 1. The molecule has 1 atom stereocenters. The van der Waals surface area contributed by atoms with Gasteiger partial charge in [-0.15, -0.1) is 0 Å². The van der Waals surface area contributed by atoms with Gasteiger partial charge in [0.1, 0.15) is 0 Å². The topological polar surface area (TPSA) is 71.9 Å². The molecule has 1 aromatic carbocycles. The first-order valence-electron chi connectivity index (χ1n) is 9.14. The molecule has 27 heavy (non-hydrogen) atoms. The number of nitrogens with zero attached hydrogens (tertiary/aromatic N) is 2. The molecule has 6 heteroatoms. The first-order valence-corrected chi connectivity index (χ1v) is 9.14. The molecule has 2 aromatic rings. The number of piperidine rings is 1. The molecule has 1 N–H and O–H groups in total. The van der Waals surface area contributed by atoms with Crippen molar-refractivity contribution in [3.05, 3.63) is 53.3 Å². The van der Waals surface area contributed by atoms with Crippen LogP contribution in [0.2, 0.25) is 0 Å². The van der Waals surface area contributed by atoms with Gasteiger partial charge in [-0.1, -0.05) is 12.1 Å². The molecule has 6 nitrogen and oxygen atoms in total. The molecule has 0 aliphatic carbocycles. The van der Waals surface area contributed by atoms with Crippen molar-refractivity contribution in [2.45, 2.75) is 25.8 Å². The second-order valence-electron chi connectivity index (χ2n) is 6.93. The van der Waals surface area contributed by atoms with Gasteiger partial charge in [0.25, 0.3) is 0 Å². The van der Waals surface area contributed by atoms with Crippen molar-refractivity contribution in [2.24, 2.45) is 5.92 Å². The second-order valence-corrected chi connectivity index (χ2v) is 6.93. The van der Waals surface area contributed by atoms with Gasteiger partial charge in [0.05, 0.1) is 31.9 Å². The highest BCUT2D eigenvalue weighted by Gasteiger charge is 2.31. The number of carboxylic acid groups (broad SMARTS) is 1. The fourth-order valence-electron chi connectivity index (χ4n) is 3.64. The summed E-state index contributed by atoms with van der Waals surface area (Å²) in [5.41, 5.74) is 3.11. The van der Waals surface area contributed by atoms with E-state index in [9.17, 15) is 9.90 Å². The summed E-state index contributed by atoms with van der Waals surface area (Å²) in [5.74, 6) is 0.387. The van der Waals surface area contributed by atoms with Gasteiger partial charge in [0, 0.05) is 6.20 Å². The zero-order valence-electron chi connectivity index (χ0n) is 16.0. The maximum atomic E-state index is 11.3. The fraction of sp³-hybridized carbons (Fsp3) is 0.429. The van der Waals surface area contributed by atoms with Crippen LogP contribution < -0.4 is 9.47 Å². The van der Waals surface area contributed by atoms with Gasteiger partial charge in [-0.25, -0.2) is 0 Å². The highest BCUT2D eigenvalue weighted by molar-refractivity contribution is 5.70. The smallest absolute Gasteiger partial charge is 0.306 e. The van der Waals surface area contributed by atoms with Crippen LogP contribution in [-0.4, -0.2) is 48.3 Å². The standard InChI is InChI=1S/C21H26N2O4/c1-14-4-6-17(22-13-14)20(23-10-8-15(9-11-23)21(24)25)16-5-7-18(26-2)19(12-16)27-3/h4-7,12-13,15,20H,8-11H2,1-3H3,(H,24,25). The lowest BCUT2D eigenvalue weighted by Gasteiger charge is -2.36. The van der Waals surface area contributed by atoms with Crippen LogP contribution in [0.15, 0.2) is 36.5 Å². The lowest BCUT2D eigenvalue weighted by molar-refractivity contribution is -0.143. The minimum atomic E-state index is -0.703. The molecule has 0 bridgehead atoms. The SMILES string of the molecule is COc1ccc(C(c2ccc(C)cn2)N2CCC(C(=O)O)CC2)cc1OC. The van der Waals surface area contributed by atoms with Crippen molar-refractivity contribution in [1.29, 1.82) is 0 Å². The number of carbonyl (C=O) groups is 1. The minimum absolute atomic E-state index is 0.0554. The van der Waals surface area contributed by atoms with Crippen molar-refractivity contribution in [1.82, 2.24) is 9.88 Å². The molecule has 1 aliphatic heterocycles. The highest BCUT2D eigenvalue weighted by atomic mass is 16.5. The van der Waals surface area contributed by atoms with Gasteiger partial charge in [0.2, 0.25) is 0 Å². The Balaban J connectivity index is 1.96. The Kier molecular flexibility index (Phi) is 5.96. The molecule has 0 spiro atoms. The van der Waals surface area contributed by atoms with Crippen molar-refractivity contribution < 1.29 is 19.4 Å². The van der Waals surface area contributed by atoms with Crippen molar-refractivity contribution in [3.8, 4) is 11.5 Å². The zero-order valence-corrected chi connectivity index (χ0v) is 16.0. The Morgan fingerprint density at radius 1 is 1.15 bits per heavy atom. The van der Waals surface area contributed by atoms with E-state index in [1.54, 1.807) is 14.2 Å². The van der Waals surface area contributed by atoms with Gasteiger partial charge in [-0.2, -0.15) is 0 Å². The van der Waals surface area contributed by atoms with Crippen LogP contribution in [-0.2, 0) is 4.79 Å². The van der Waals surface area contributed by atoms with E-state index in [0.717, 1.165) is 16.8 Å². The average molecular weight is 370 g/mol. The van der Waals surface area contributed by atoms with E-state index >= 15 is 0 Å². The van der Waals surface area contributed by atoms with Crippen LogP contribution in [0.25, 0.3) is 0 Å². The predicted octanol–water partition coefficient (Wildman–Crippen LogP) is 3.29. The van der Waals surface area contributed by atoms with E-state index in [1.165, 1.54) is 0 Å². The van der Waals surface area contributed by atoms with Crippen LogP contribution in [0.1, 0.15) is 35.7 Å². The molecular formula is C21H26N2O4. The van der Waals surface area contributed by atoms with E-state index in [4.69, 9.17) is 9.47 Å². The summed E-state index contributed by atoms with van der Waals surface area (Å²) in [6.45, 7) is 3.44. The summed E-state index contributed by atoms with van der Waals surface area (Å²) in [4.78, 5) is 18.3. The summed E-state index contributed by atoms with van der Waals surface area (Å²) in [6, 6.07) is 9.95. The number of hydrogen-bond acceptors (Lipinski definition) is 5. The average Bonchev–Trinajstić information content (AvgIpc) is 2.70. The predicted molar refractivity (Wildman–Crippen MR) is 102 cm³/mol. The van der Waals surface area contributed by atoms with Crippen LogP contribution in [0, 0.1) is 12.8 Å². The van der Waals surface area contributed by atoms with Crippen molar-refractivity contribution >= 4 is 5.97 Å². The number of aromatic nitrogens is 1. The number of aryl methyl sites for hydroxylation is 1. The Bertz CT molecular complexity index is 783. The van der Waals surface area contributed by atoms with Crippen LogP contribution in [0.3, 0.4) is 0 Å². The number of rotatable bonds is 6. The van der Waals surface area contributed by atoms with E-state index in [1.807, 2.05) is 37.4 Å². The molecule has 0 amide bonds. The molecule has 1 unspecified atom stereocenters. The van der Waals surface area contributed by atoms with Crippen LogP contribution in [0.4, 0.5) is 0 Å². The number of hydrogen-bond donors (Lipinski definition) is 1. The molecule has 0 radical (unpaired) electrons. The first-order chi connectivity index (χ1) is 13.0. The van der Waals surface area contributed by atoms with E-state index in [-0.39, 0.29) is 12.0 Å². The third-order valence-corrected chi connectivity index (χ3v) is 5.18. The summed E-state index contributed by atoms with van der Waals surface area (Å²) in [5, 5.41) is 9.29. The van der Waals surface area contributed by atoms with Gasteiger partial charge in [-0.3, -0.25) is 14.7 Å². The molecule has 2 heterocycles. The third-order valence-electron chi connectivity index (χ3n) is 5.18. The number of benzene rings is 1. The normalized spacial score (nSPS) is 16.7. The van der Waals surface area contributed by atoms with E-state index in [2.05, 4.69) is 16.0 Å². The van der Waals surface area contributed by atoms with E-state index < -0.39 is 5.97 Å². The molecule has 3 rings (SSSR count). The summed E-state index contributed by atoms with van der Waals surface area (Å²) >= 11 is 0. The van der Waals surface area contributed by atoms with Crippen LogP contribution >= 0.6 is 0 Å². The Hall–Kier alpha value is -2.60. The lowest BCUT2D eigenvalue weighted by atomic mass is 9.93. The number of pyridine rings is 1. The Morgan fingerprint density at radius 3 is 2.41 bits per heavy atom. The van der Waals surface area contributed by atoms with E-state index in [0.29, 0.717) is 37.4 Å². The quantitative estimate of drug-likeness (QED) is 0.841. The number of ether oxygens (including phenoxy) is 2. The Labute approximate surface area is 159 Å².